The molecule has 3 rings (SSSR count). The van der Waals surface area contributed by atoms with Crippen molar-refractivity contribution in [3.63, 3.8) is 0 Å². The summed E-state index contributed by atoms with van der Waals surface area (Å²) >= 11 is 2.01. The molecule has 1 aromatic heterocycles. The van der Waals surface area contributed by atoms with Crippen LogP contribution in [-0.2, 0) is 11.2 Å². The zero-order valence-electron chi connectivity index (χ0n) is 12.4. The normalized spacial score (nSPS) is 23.2. The minimum Gasteiger partial charge on any atom is -0.339 e. The Bertz CT molecular complexity index is 423. The molecule has 1 N–H and O–H groups in total. The number of aromatic nitrogens is 2. The average Bonchev–Trinajstić information content (AvgIpc) is 3.17. The van der Waals surface area contributed by atoms with Gasteiger partial charge in [0.05, 0.1) is 11.2 Å². The van der Waals surface area contributed by atoms with Crippen LogP contribution in [0.1, 0.15) is 63.6 Å². The van der Waals surface area contributed by atoms with Crippen LogP contribution in [-0.4, -0.2) is 28.5 Å². The van der Waals surface area contributed by atoms with Gasteiger partial charge in [0.25, 0.3) is 0 Å². The van der Waals surface area contributed by atoms with Crippen LogP contribution in [0.2, 0.25) is 0 Å². The third-order valence-corrected chi connectivity index (χ3v) is 6.28. The van der Waals surface area contributed by atoms with E-state index in [4.69, 9.17) is 9.51 Å². The van der Waals surface area contributed by atoms with Gasteiger partial charge in [-0.05, 0) is 45.2 Å². The van der Waals surface area contributed by atoms with Crippen molar-refractivity contribution in [1.82, 2.24) is 15.5 Å². The molecule has 4 nitrogen and oxygen atoms in total. The molecule has 1 aromatic rings. The molecule has 2 heterocycles. The lowest BCUT2D eigenvalue weighted by Gasteiger charge is -2.33. The predicted molar refractivity (Wildman–Crippen MR) is 81.9 cm³/mol. The molecule has 2 aliphatic rings. The second kappa shape index (κ2) is 6.48. The van der Waals surface area contributed by atoms with Crippen LogP contribution in [0.5, 0.6) is 0 Å². The van der Waals surface area contributed by atoms with Crippen LogP contribution in [0.4, 0.5) is 0 Å². The Morgan fingerprint density at radius 2 is 2.05 bits per heavy atom. The minimum absolute atomic E-state index is 0.120. The van der Waals surface area contributed by atoms with Gasteiger partial charge in [-0.3, -0.25) is 0 Å². The van der Waals surface area contributed by atoms with Crippen LogP contribution in [0, 0.1) is 0 Å². The van der Waals surface area contributed by atoms with E-state index in [1.165, 1.54) is 25.7 Å². The van der Waals surface area contributed by atoms with E-state index >= 15 is 0 Å². The Balaban J connectivity index is 1.62. The molecular formula is C15H25N3OS. The van der Waals surface area contributed by atoms with Crippen LogP contribution in [0.25, 0.3) is 0 Å². The topological polar surface area (TPSA) is 51.0 Å². The lowest BCUT2D eigenvalue weighted by atomic mass is 9.76. The maximum atomic E-state index is 5.61. The molecule has 20 heavy (non-hydrogen) atoms. The Kier molecular flexibility index (Phi) is 4.66. The molecule has 1 aliphatic carbocycles. The summed E-state index contributed by atoms with van der Waals surface area (Å²) in [4.78, 5) is 4.71. The average molecular weight is 295 g/mol. The number of piperidine rings is 1. The number of rotatable bonds is 5. The Hall–Kier alpha value is -0.550. The summed E-state index contributed by atoms with van der Waals surface area (Å²) in [6.07, 6.45) is 8.82. The molecule has 1 aliphatic heterocycles. The maximum absolute atomic E-state index is 5.61. The monoisotopic (exact) mass is 295 g/mol. The number of hydrogen-bond donors (Lipinski definition) is 1. The highest BCUT2D eigenvalue weighted by atomic mass is 32.2. The van der Waals surface area contributed by atoms with Crippen molar-refractivity contribution in [2.45, 2.75) is 68.3 Å². The Morgan fingerprint density at radius 1 is 1.30 bits per heavy atom. The second-order valence-corrected chi connectivity index (χ2v) is 7.41. The summed E-state index contributed by atoms with van der Waals surface area (Å²) in [5, 5.41) is 8.45. The number of nitrogens with zero attached hydrogens (tertiary/aromatic N) is 2. The quantitative estimate of drug-likeness (QED) is 0.903. The summed E-state index contributed by atoms with van der Waals surface area (Å²) in [7, 11) is 0. The molecule has 5 heteroatoms. The molecule has 0 amide bonds. The largest absolute Gasteiger partial charge is 0.339 e. The maximum Gasteiger partial charge on any atom is 0.232 e. The minimum atomic E-state index is 0.120. The highest BCUT2D eigenvalue weighted by molar-refractivity contribution is 7.99. The Morgan fingerprint density at radius 3 is 2.75 bits per heavy atom. The predicted octanol–water partition coefficient (Wildman–Crippen LogP) is 3.28. The molecule has 0 radical (unpaired) electrons. The van der Waals surface area contributed by atoms with E-state index in [-0.39, 0.29) is 5.41 Å². The van der Waals surface area contributed by atoms with Gasteiger partial charge < -0.3 is 9.84 Å². The first-order valence-electron chi connectivity index (χ1n) is 7.98. The van der Waals surface area contributed by atoms with Crippen molar-refractivity contribution in [3.05, 3.63) is 11.7 Å². The molecule has 1 saturated heterocycles. The fourth-order valence-corrected chi connectivity index (χ4v) is 4.57. The van der Waals surface area contributed by atoms with Gasteiger partial charge in [0.1, 0.15) is 0 Å². The molecule has 2 fully saturated rings. The van der Waals surface area contributed by atoms with Gasteiger partial charge >= 0.3 is 0 Å². The number of hydrogen-bond acceptors (Lipinski definition) is 5. The first-order valence-corrected chi connectivity index (χ1v) is 9.03. The van der Waals surface area contributed by atoms with Crippen LogP contribution in [0.15, 0.2) is 4.52 Å². The fourth-order valence-electron chi connectivity index (χ4n) is 3.40. The molecule has 112 valence electrons. The van der Waals surface area contributed by atoms with Crippen molar-refractivity contribution >= 4 is 11.8 Å². The zero-order valence-corrected chi connectivity index (χ0v) is 13.2. The standard InChI is InChI=1S/C15H25N3OS/c1-2-15(7-9-16-10-8-15)14-17-13(18-19-14)11-20-12-5-3-4-6-12/h12,16H,2-11H2,1H3. The smallest absolute Gasteiger partial charge is 0.232 e. The SMILES string of the molecule is CCC1(c2nc(CSC3CCCC3)no2)CCNCC1. The molecule has 0 spiro atoms. The van der Waals surface area contributed by atoms with E-state index in [2.05, 4.69) is 17.4 Å². The fraction of sp³-hybridized carbons (Fsp3) is 0.867. The first kappa shape index (κ1) is 14.4. The van der Waals surface area contributed by atoms with Crippen molar-refractivity contribution in [3.8, 4) is 0 Å². The van der Waals surface area contributed by atoms with E-state index < -0.39 is 0 Å². The van der Waals surface area contributed by atoms with Gasteiger partial charge in [0.2, 0.25) is 5.89 Å². The summed E-state index contributed by atoms with van der Waals surface area (Å²) in [6.45, 7) is 4.35. The molecule has 0 unspecified atom stereocenters. The summed E-state index contributed by atoms with van der Waals surface area (Å²) in [5.74, 6) is 2.68. The van der Waals surface area contributed by atoms with Gasteiger partial charge in [0, 0.05) is 5.25 Å². The molecule has 1 saturated carbocycles. The number of thioether (sulfide) groups is 1. The van der Waals surface area contributed by atoms with Crippen LogP contribution < -0.4 is 5.32 Å². The van der Waals surface area contributed by atoms with Crippen LogP contribution in [0.3, 0.4) is 0 Å². The molecule has 0 atom stereocenters. The van der Waals surface area contributed by atoms with Gasteiger partial charge in [-0.25, -0.2) is 0 Å². The van der Waals surface area contributed by atoms with Gasteiger partial charge in [0.15, 0.2) is 5.82 Å². The van der Waals surface area contributed by atoms with Gasteiger partial charge in [-0.1, -0.05) is 24.9 Å². The third kappa shape index (κ3) is 3.03. The number of nitrogens with one attached hydrogen (secondary N) is 1. The molecule has 0 bridgehead atoms. The highest BCUT2D eigenvalue weighted by Crippen LogP contribution is 2.36. The van der Waals surface area contributed by atoms with E-state index in [1.807, 2.05) is 11.8 Å². The molecular weight excluding hydrogens is 270 g/mol. The zero-order chi connectivity index (χ0) is 13.8. The van der Waals surface area contributed by atoms with Crippen molar-refractivity contribution in [1.29, 1.82) is 0 Å². The Labute approximate surface area is 125 Å². The van der Waals surface area contributed by atoms with Gasteiger partial charge in [-0.15, -0.1) is 0 Å². The lowest BCUT2D eigenvalue weighted by Crippen LogP contribution is -2.39. The molecule has 0 aromatic carbocycles. The third-order valence-electron chi connectivity index (χ3n) is 4.91. The van der Waals surface area contributed by atoms with E-state index in [1.54, 1.807) is 0 Å². The second-order valence-electron chi connectivity index (χ2n) is 6.12. The summed E-state index contributed by atoms with van der Waals surface area (Å²) in [5.41, 5.74) is 0.120. The summed E-state index contributed by atoms with van der Waals surface area (Å²) < 4.78 is 5.61. The van der Waals surface area contributed by atoms with E-state index in [0.29, 0.717) is 0 Å². The highest BCUT2D eigenvalue weighted by Gasteiger charge is 2.37. The van der Waals surface area contributed by atoms with E-state index in [9.17, 15) is 0 Å². The lowest BCUT2D eigenvalue weighted by molar-refractivity contribution is 0.216. The van der Waals surface area contributed by atoms with Crippen molar-refractivity contribution < 1.29 is 4.52 Å². The van der Waals surface area contributed by atoms with E-state index in [0.717, 1.165) is 55.1 Å². The van der Waals surface area contributed by atoms with Crippen molar-refractivity contribution in [2.24, 2.45) is 0 Å². The first-order chi connectivity index (χ1) is 9.82. The van der Waals surface area contributed by atoms with Crippen molar-refractivity contribution in [2.75, 3.05) is 13.1 Å². The van der Waals surface area contributed by atoms with Crippen LogP contribution >= 0.6 is 11.8 Å². The summed E-state index contributed by atoms with van der Waals surface area (Å²) in [6, 6.07) is 0. The van der Waals surface area contributed by atoms with Gasteiger partial charge in [-0.2, -0.15) is 16.7 Å².